The number of nitrogens with one attached hydrogen (secondary N) is 2. The van der Waals surface area contributed by atoms with Gasteiger partial charge in [-0.3, -0.25) is 10.1 Å². The second-order valence-electron chi connectivity index (χ2n) is 6.27. The minimum Gasteiger partial charge on any atom is -0.324 e. The van der Waals surface area contributed by atoms with Gasteiger partial charge in [-0.1, -0.05) is 41.4 Å². The van der Waals surface area contributed by atoms with E-state index in [4.69, 9.17) is 23.2 Å². The van der Waals surface area contributed by atoms with Crippen molar-refractivity contribution in [3.05, 3.63) is 63.6 Å². The number of fused-ring (bicyclic) bond motifs is 1. The highest BCUT2D eigenvalue weighted by atomic mass is 35.5. The quantitative estimate of drug-likeness (QED) is 0.873. The van der Waals surface area contributed by atoms with Gasteiger partial charge in [0.25, 0.3) is 0 Å². The van der Waals surface area contributed by atoms with E-state index in [1.54, 1.807) is 0 Å². The van der Waals surface area contributed by atoms with Gasteiger partial charge in [0.2, 0.25) is 5.91 Å². The predicted octanol–water partition coefficient (Wildman–Crippen LogP) is 4.14. The van der Waals surface area contributed by atoms with Crippen LogP contribution < -0.4 is 10.6 Å². The predicted molar refractivity (Wildman–Crippen MR) is 93.1 cm³/mol. The van der Waals surface area contributed by atoms with Gasteiger partial charge in [-0.15, -0.1) is 0 Å². The Morgan fingerprint density at radius 2 is 1.91 bits per heavy atom. The van der Waals surface area contributed by atoms with Crippen molar-refractivity contribution in [2.45, 2.75) is 30.8 Å². The summed E-state index contributed by atoms with van der Waals surface area (Å²) in [6.07, 6.45) is 2.77. The maximum atomic E-state index is 12.9. The van der Waals surface area contributed by atoms with Crippen LogP contribution in [-0.2, 0) is 16.8 Å². The van der Waals surface area contributed by atoms with Crippen molar-refractivity contribution in [2.24, 2.45) is 0 Å². The smallest absolute Gasteiger partial charge is 0.249 e. The lowest BCUT2D eigenvalue weighted by molar-refractivity contribution is -0.122. The van der Waals surface area contributed by atoms with Gasteiger partial charge in [0.05, 0.1) is 0 Å². The Morgan fingerprint density at radius 3 is 2.65 bits per heavy atom. The van der Waals surface area contributed by atoms with Crippen LogP contribution in [0.25, 0.3) is 0 Å². The molecule has 2 aliphatic rings. The zero-order valence-corrected chi connectivity index (χ0v) is 13.9. The van der Waals surface area contributed by atoms with Gasteiger partial charge in [-0.25, -0.2) is 0 Å². The molecule has 0 spiro atoms. The first-order valence-corrected chi connectivity index (χ1v) is 8.46. The number of halogens is 2. The van der Waals surface area contributed by atoms with Gasteiger partial charge in [0.15, 0.2) is 0 Å². The molecule has 1 fully saturated rings. The maximum Gasteiger partial charge on any atom is 0.249 e. The Bertz CT molecular complexity index is 788. The number of hydrogen-bond acceptors (Lipinski definition) is 2. The van der Waals surface area contributed by atoms with Crippen LogP contribution >= 0.6 is 23.2 Å². The number of carbonyl (C=O) groups is 1. The highest BCUT2D eigenvalue weighted by molar-refractivity contribution is 6.31. The number of hydrogen-bond donors (Lipinski definition) is 2. The molecule has 2 aromatic carbocycles. The summed E-state index contributed by atoms with van der Waals surface area (Å²) in [6.45, 7) is 0. The normalized spacial score (nSPS) is 22.8. The van der Waals surface area contributed by atoms with Crippen molar-refractivity contribution in [2.75, 3.05) is 5.32 Å². The van der Waals surface area contributed by atoms with Gasteiger partial charge in [-0.2, -0.15) is 0 Å². The molecule has 1 unspecified atom stereocenters. The molecule has 1 aliphatic carbocycles. The Morgan fingerprint density at radius 1 is 1.13 bits per heavy atom. The Kier molecular flexibility index (Phi) is 3.60. The van der Waals surface area contributed by atoms with Crippen LogP contribution in [-0.4, -0.2) is 11.9 Å². The third-order valence-corrected chi connectivity index (χ3v) is 4.93. The molecule has 1 aliphatic heterocycles. The highest BCUT2D eigenvalue weighted by Crippen LogP contribution is 2.42. The van der Waals surface area contributed by atoms with E-state index >= 15 is 0 Å². The summed E-state index contributed by atoms with van der Waals surface area (Å²) in [7, 11) is 0. The summed E-state index contributed by atoms with van der Waals surface area (Å²) in [5, 5.41) is 7.84. The molecule has 118 valence electrons. The highest BCUT2D eigenvalue weighted by Gasteiger charge is 2.49. The molecule has 5 heteroatoms. The molecule has 2 N–H and O–H groups in total. The lowest BCUT2D eigenvalue weighted by atomic mass is 9.84. The zero-order valence-electron chi connectivity index (χ0n) is 12.4. The van der Waals surface area contributed by atoms with E-state index in [9.17, 15) is 4.79 Å². The summed E-state index contributed by atoms with van der Waals surface area (Å²) in [5.74, 6) is -0.0263. The molecule has 3 nitrogen and oxygen atoms in total. The molecule has 1 saturated carbocycles. The van der Waals surface area contributed by atoms with Crippen molar-refractivity contribution >= 4 is 34.8 Å². The van der Waals surface area contributed by atoms with E-state index in [0.717, 1.165) is 29.7 Å². The van der Waals surface area contributed by atoms with Crippen molar-refractivity contribution in [1.82, 2.24) is 5.32 Å². The number of rotatable bonds is 4. The van der Waals surface area contributed by atoms with Gasteiger partial charge in [0, 0.05) is 33.8 Å². The van der Waals surface area contributed by atoms with Crippen LogP contribution in [0.3, 0.4) is 0 Å². The fourth-order valence-corrected chi connectivity index (χ4v) is 3.63. The van der Waals surface area contributed by atoms with Crippen molar-refractivity contribution in [1.29, 1.82) is 0 Å². The van der Waals surface area contributed by atoms with Crippen molar-refractivity contribution < 1.29 is 4.79 Å². The van der Waals surface area contributed by atoms with E-state index in [2.05, 4.69) is 10.6 Å². The average Bonchev–Trinajstić information content (AvgIpc) is 3.26. The van der Waals surface area contributed by atoms with Crippen molar-refractivity contribution in [3.63, 3.8) is 0 Å². The average molecular weight is 347 g/mol. The monoisotopic (exact) mass is 346 g/mol. The standard InChI is InChI=1S/C18H16Cl2N2O/c19-12-3-1-2-11(8-12)10-18(22-14-5-6-14)15-7-4-13(20)9-16(15)21-17(18)23/h1-4,7-9,14,22H,5-6,10H2,(H,21,23). The topological polar surface area (TPSA) is 41.1 Å². The third kappa shape index (κ3) is 2.74. The minimum absolute atomic E-state index is 0.0263. The molecule has 0 saturated heterocycles. The third-order valence-electron chi connectivity index (χ3n) is 4.46. The molecule has 1 heterocycles. The molecule has 2 aromatic rings. The van der Waals surface area contributed by atoms with Gasteiger partial charge in [-0.05, 0) is 42.7 Å². The molecular formula is C18H16Cl2N2O. The van der Waals surface area contributed by atoms with Crippen LogP contribution in [0.2, 0.25) is 10.0 Å². The lowest BCUT2D eigenvalue weighted by Crippen LogP contribution is -2.50. The second-order valence-corrected chi connectivity index (χ2v) is 7.15. The Labute approximate surface area is 145 Å². The van der Waals surface area contributed by atoms with Gasteiger partial charge < -0.3 is 5.32 Å². The SMILES string of the molecule is O=C1Nc2cc(Cl)ccc2C1(Cc1cccc(Cl)c1)NC1CC1. The molecular weight excluding hydrogens is 331 g/mol. The summed E-state index contributed by atoms with van der Waals surface area (Å²) in [6, 6.07) is 13.6. The summed E-state index contributed by atoms with van der Waals surface area (Å²) in [4.78, 5) is 12.9. The largest absolute Gasteiger partial charge is 0.324 e. The Hall–Kier alpha value is -1.55. The molecule has 1 amide bonds. The van der Waals surface area contributed by atoms with E-state index in [1.165, 1.54) is 0 Å². The first kappa shape index (κ1) is 15.0. The molecule has 0 aromatic heterocycles. The zero-order chi connectivity index (χ0) is 16.0. The van der Waals surface area contributed by atoms with Crippen LogP contribution in [0.4, 0.5) is 5.69 Å². The lowest BCUT2D eigenvalue weighted by Gasteiger charge is -2.29. The summed E-state index contributed by atoms with van der Waals surface area (Å²) < 4.78 is 0. The van der Waals surface area contributed by atoms with E-state index in [1.807, 2.05) is 42.5 Å². The number of anilines is 1. The second kappa shape index (κ2) is 5.52. The van der Waals surface area contributed by atoms with Crippen LogP contribution in [0.15, 0.2) is 42.5 Å². The van der Waals surface area contributed by atoms with Gasteiger partial charge in [0.1, 0.15) is 5.54 Å². The number of benzene rings is 2. The van der Waals surface area contributed by atoms with Crippen LogP contribution in [0, 0.1) is 0 Å². The molecule has 0 radical (unpaired) electrons. The van der Waals surface area contributed by atoms with Crippen LogP contribution in [0.1, 0.15) is 24.0 Å². The molecule has 4 rings (SSSR count). The van der Waals surface area contributed by atoms with Gasteiger partial charge >= 0.3 is 0 Å². The van der Waals surface area contributed by atoms with E-state index in [-0.39, 0.29) is 5.91 Å². The first-order chi connectivity index (χ1) is 11.1. The minimum atomic E-state index is -0.758. The van der Waals surface area contributed by atoms with Crippen molar-refractivity contribution in [3.8, 4) is 0 Å². The molecule has 23 heavy (non-hydrogen) atoms. The fraction of sp³-hybridized carbons (Fsp3) is 0.278. The molecule has 0 bridgehead atoms. The van der Waals surface area contributed by atoms with Crippen LogP contribution in [0.5, 0.6) is 0 Å². The Balaban J connectivity index is 1.79. The summed E-state index contributed by atoms with van der Waals surface area (Å²) >= 11 is 12.2. The van der Waals surface area contributed by atoms with E-state index in [0.29, 0.717) is 22.5 Å². The maximum absolute atomic E-state index is 12.9. The number of amides is 1. The van der Waals surface area contributed by atoms with E-state index < -0.39 is 5.54 Å². The number of carbonyl (C=O) groups excluding carboxylic acids is 1. The fourth-order valence-electron chi connectivity index (χ4n) is 3.24. The first-order valence-electron chi connectivity index (χ1n) is 7.70. The molecule has 1 atom stereocenters. The summed E-state index contributed by atoms with van der Waals surface area (Å²) in [5.41, 5.74) is 2.02.